The normalized spacial score (nSPS) is 10.4. The minimum Gasteiger partial charge on any atom is -0.378 e. The van der Waals surface area contributed by atoms with Gasteiger partial charge in [0.25, 0.3) is 0 Å². The van der Waals surface area contributed by atoms with Crippen molar-refractivity contribution in [3.05, 3.63) is 46.5 Å². The fraction of sp³-hybridized carbons (Fsp3) is 0.250. The molecule has 2 aromatic rings. The zero-order valence-corrected chi connectivity index (χ0v) is 11.0. The van der Waals surface area contributed by atoms with Crippen molar-refractivity contribution < 1.29 is 0 Å². The van der Waals surface area contributed by atoms with E-state index >= 15 is 0 Å². The molecular formula is C12H14BrN3. The molecule has 0 unspecified atom stereocenters. The van der Waals surface area contributed by atoms with Gasteiger partial charge < -0.3 is 9.88 Å². The van der Waals surface area contributed by atoms with E-state index in [0.29, 0.717) is 0 Å². The average Bonchev–Trinajstić information content (AvgIpc) is 2.59. The van der Waals surface area contributed by atoms with Crippen molar-refractivity contribution >= 4 is 21.6 Å². The van der Waals surface area contributed by atoms with E-state index in [0.717, 1.165) is 22.5 Å². The maximum absolute atomic E-state index is 4.26. The first kappa shape index (κ1) is 11.2. The highest BCUT2D eigenvalue weighted by Gasteiger charge is 2.00. The number of aryl methyl sites for hydroxylation is 2. The molecule has 1 N–H and O–H groups in total. The summed E-state index contributed by atoms with van der Waals surface area (Å²) in [5, 5.41) is 3.36. The molecule has 0 bridgehead atoms. The third-order valence-electron chi connectivity index (χ3n) is 2.41. The van der Waals surface area contributed by atoms with Crippen molar-refractivity contribution in [3.63, 3.8) is 0 Å². The van der Waals surface area contributed by atoms with Crippen molar-refractivity contribution in [2.75, 3.05) is 5.32 Å². The van der Waals surface area contributed by atoms with Crippen molar-refractivity contribution in [1.29, 1.82) is 0 Å². The molecule has 1 aromatic heterocycles. The molecule has 2 rings (SSSR count). The molecule has 84 valence electrons. The van der Waals surface area contributed by atoms with Gasteiger partial charge in [-0.25, -0.2) is 4.98 Å². The lowest BCUT2D eigenvalue weighted by Crippen LogP contribution is -2.05. The molecule has 3 nitrogen and oxygen atoms in total. The molecule has 0 saturated carbocycles. The highest BCUT2D eigenvalue weighted by Crippen LogP contribution is 2.19. The fourth-order valence-electron chi connectivity index (χ4n) is 1.59. The molecule has 0 amide bonds. The second-order valence-corrected chi connectivity index (χ2v) is 4.74. The summed E-state index contributed by atoms with van der Waals surface area (Å²) >= 11 is 3.49. The van der Waals surface area contributed by atoms with Gasteiger partial charge in [0.2, 0.25) is 0 Å². The first-order valence-corrected chi connectivity index (χ1v) is 5.92. The minimum absolute atomic E-state index is 0.736. The first-order chi connectivity index (χ1) is 7.65. The van der Waals surface area contributed by atoms with Crippen molar-refractivity contribution in [2.45, 2.75) is 13.5 Å². The zero-order valence-electron chi connectivity index (χ0n) is 9.37. The average molecular weight is 280 g/mol. The molecule has 16 heavy (non-hydrogen) atoms. The van der Waals surface area contributed by atoms with Gasteiger partial charge in [0.15, 0.2) is 0 Å². The van der Waals surface area contributed by atoms with Crippen molar-refractivity contribution in [3.8, 4) is 0 Å². The third kappa shape index (κ3) is 2.64. The second-order valence-electron chi connectivity index (χ2n) is 3.83. The van der Waals surface area contributed by atoms with Crippen molar-refractivity contribution in [2.24, 2.45) is 7.05 Å². The van der Waals surface area contributed by atoms with Gasteiger partial charge in [-0.3, -0.25) is 0 Å². The van der Waals surface area contributed by atoms with Crippen LogP contribution < -0.4 is 5.32 Å². The summed E-state index contributed by atoms with van der Waals surface area (Å²) in [6, 6.07) is 6.27. The Morgan fingerprint density at radius 1 is 1.38 bits per heavy atom. The number of rotatable bonds is 3. The highest BCUT2D eigenvalue weighted by molar-refractivity contribution is 9.10. The quantitative estimate of drug-likeness (QED) is 0.936. The SMILES string of the molecule is Cc1cc(Br)cc(NCc2nccn2C)c1. The van der Waals surface area contributed by atoms with Crippen LogP contribution in [0.3, 0.4) is 0 Å². The van der Waals surface area contributed by atoms with E-state index in [1.807, 2.05) is 24.0 Å². The smallest absolute Gasteiger partial charge is 0.127 e. The monoisotopic (exact) mass is 279 g/mol. The van der Waals surface area contributed by atoms with Gasteiger partial charge in [0.1, 0.15) is 5.82 Å². The lowest BCUT2D eigenvalue weighted by Gasteiger charge is -2.08. The van der Waals surface area contributed by atoms with Gasteiger partial charge in [0.05, 0.1) is 6.54 Å². The number of aromatic nitrogens is 2. The number of hydrogen-bond donors (Lipinski definition) is 1. The van der Waals surface area contributed by atoms with Crippen LogP contribution in [-0.4, -0.2) is 9.55 Å². The lowest BCUT2D eigenvalue weighted by atomic mass is 10.2. The summed E-state index contributed by atoms with van der Waals surface area (Å²) in [4.78, 5) is 4.26. The Labute approximate surface area is 104 Å². The molecule has 0 saturated heterocycles. The Morgan fingerprint density at radius 3 is 2.81 bits per heavy atom. The van der Waals surface area contributed by atoms with E-state index in [1.54, 1.807) is 0 Å². The zero-order chi connectivity index (χ0) is 11.5. The molecule has 0 radical (unpaired) electrons. The molecule has 0 spiro atoms. The molecule has 0 fully saturated rings. The number of nitrogens with one attached hydrogen (secondary N) is 1. The summed E-state index contributed by atoms with van der Waals surface area (Å²) in [6.45, 7) is 2.82. The molecular weight excluding hydrogens is 266 g/mol. The molecule has 1 aromatic carbocycles. The van der Waals surface area contributed by atoms with Crippen LogP contribution in [0.25, 0.3) is 0 Å². The van der Waals surface area contributed by atoms with Crippen LogP contribution in [0.4, 0.5) is 5.69 Å². The number of nitrogens with zero attached hydrogens (tertiary/aromatic N) is 2. The van der Waals surface area contributed by atoms with Crippen molar-refractivity contribution in [1.82, 2.24) is 9.55 Å². The van der Waals surface area contributed by atoms with E-state index in [2.05, 4.69) is 51.4 Å². The lowest BCUT2D eigenvalue weighted by molar-refractivity contribution is 0.813. The van der Waals surface area contributed by atoms with Crippen LogP contribution >= 0.6 is 15.9 Å². The molecule has 0 aliphatic carbocycles. The Hall–Kier alpha value is -1.29. The standard InChI is InChI=1S/C12H14BrN3/c1-9-5-10(13)7-11(6-9)15-8-12-14-3-4-16(12)2/h3-7,15H,8H2,1-2H3. The Balaban J connectivity index is 2.07. The summed E-state index contributed by atoms with van der Waals surface area (Å²) in [5.74, 6) is 1.03. The fourth-order valence-corrected chi connectivity index (χ4v) is 2.19. The number of benzene rings is 1. The number of imidazole rings is 1. The van der Waals surface area contributed by atoms with Crippen LogP contribution in [0.5, 0.6) is 0 Å². The third-order valence-corrected chi connectivity index (χ3v) is 2.87. The van der Waals surface area contributed by atoms with E-state index in [4.69, 9.17) is 0 Å². The van der Waals surface area contributed by atoms with Gasteiger partial charge in [-0.05, 0) is 30.7 Å². The van der Waals surface area contributed by atoms with Crippen LogP contribution in [0, 0.1) is 6.92 Å². The maximum atomic E-state index is 4.26. The predicted molar refractivity (Wildman–Crippen MR) is 69.4 cm³/mol. The Kier molecular flexibility index (Phi) is 3.29. The summed E-state index contributed by atoms with van der Waals surface area (Å²) in [7, 11) is 2.00. The van der Waals surface area contributed by atoms with Gasteiger partial charge in [0, 0.05) is 29.6 Å². The van der Waals surface area contributed by atoms with E-state index in [1.165, 1.54) is 5.56 Å². The molecule has 0 aliphatic heterocycles. The number of halogens is 1. The summed E-state index contributed by atoms with van der Waals surface area (Å²) in [5.41, 5.74) is 2.34. The number of hydrogen-bond acceptors (Lipinski definition) is 2. The topological polar surface area (TPSA) is 29.9 Å². The molecule has 1 heterocycles. The largest absolute Gasteiger partial charge is 0.378 e. The van der Waals surface area contributed by atoms with Crippen LogP contribution in [0.1, 0.15) is 11.4 Å². The van der Waals surface area contributed by atoms with Crippen LogP contribution in [0.15, 0.2) is 35.1 Å². The molecule has 4 heteroatoms. The highest BCUT2D eigenvalue weighted by atomic mass is 79.9. The first-order valence-electron chi connectivity index (χ1n) is 5.12. The number of anilines is 1. The predicted octanol–water partition coefficient (Wildman–Crippen LogP) is 3.10. The second kappa shape index (κ2) is 4.70. The minimum atomic E-state index is 0.736. The van der Waals surface area contributed by atoms with Gasteiger partial charge >= 0.3 is 0 Å². The van der Waals surface area contributed by atoms with E-state index in [9.17, 15) is 0 Å². The van der Waals surface area contributed by atoms with E-state index in [-0.39, 0.29) is 0 Å². The van der Waals surface area contributed by atoms with E-state index < -0.39 is 0 Å². The molecule has 0 atom stereocenters. The van der Waals surface area contributed by atoms with Gasteiger partial charge in [-0.15, -0.1) is 0 Å². The Bertz CT molecular complexity index is 471. The van der Waals surface area contributed by atoms with Crippen LogP contribution in [-0.2, 0) is 13.6 Å². The van der Waals surface area contributed by atoms with Gasteiger partial charge in [-0.1, -0.05) is 15.9 Å². The maximum Gasteiger partial charge on any atom is 0.127 e. The Morgan fingerprint density at radius 2 is 2.19 bits per heavy atom. The summed E-state index contributed by atoms with van der Waals surface area (Å²) in [6.07, 6.45) is 3.76. The van der Waals surface area contributed by atoms with Crippen LogP contribution in [0.2, 0.25) is 0 Å². The summed E-state index contributed by atoms with van der Waals surface area (Å²) < 4.78 is 3.10. The van der Waals surface area contributed by atoms with Gasteiger partial charge in [-0.2, -0.15) is 0 Å². The molecule has 0 aliphatic rings.